The van der Waals surface area contributed by atoms with Crippen LogP contribution in [0.5, 0.6) is 0 Å². The summed E-state index contributed by atoms with van der Waals surface area (Å²) in [5.41, 5.74) is 0. The van der Waals surface area contributed by atoms with E-state index < -0.39 is 26.9 Å². The molecule has 29 heavy (non-hydrogen) atoms. The molecule has 0 radical (unpaired) electrons. The summed E-state index contributed by atoms with van der Waals surface area (Å²) < 4.78 is 36.8. The molecular formula is C19H21ClN2O6S. The highest BCUT2D eigenvalue weighted by Gasteiger charge is 2.32. The Morgan fingerprint density at radius 1 is 1.14 bits per heavy atom. The lowest BCUT2D eigenvalue weighted by atomic mass is 10.2. The first-order valence-electron chi connectivity index (χ1n) is 9.08. The van der Waals surface area contributed by atoms with Crippen molar-refractivity contribution >= 4 is 33.3 Å². The summed E-state index contributed by atoms with van der Waals surface area (Å²) >= 11 is 5.83. The minimum Gasteiger partial charge on any atom is -0.468 e. The van der Waals surface area contributed by atoms with Gasteiger partial charge in [0.25, 0.3) is 0 Å². The number of benzene rings is 1. The van der Waals surface area contributed by atoms with Crippen LogP contribution in [-0.4, -0.2) is 46.0 Å². The van der Waals surface area contributed by atoms with Crippen molar-refractivity contribution in [1.82, 2.24) is 10.6 Å². The lowest BCUT2D eigenvalue weighted by molar-refractivity contribution is -0.139. The lowest BCUT2D eigenvalue weighted by Gasteiger charge is -2.17. The molecule has 156 valence electrons. The fourth-order valence-corrected chi connectivity index (χ4v) is 4.70. The van der Waals surface area contributed by atoms with E-state index in [1.807, 2.05) is 0 Å². The molecule has 2 amide bonds. The van der Waals surface area contributed by atoms with E-state index in [-0.39, 0.29) is 29.8 Å². The second-order valence-corrected chi connectivity index (χ2v) is 9.12. The molecule has 2 atom stereocenters. The van der Waals surface area contributed by atoms with Gasteiger partial charge in [0.15, 0.2) is 9.84 Å². The molecule has 0 bridgehead atoms. The molecule has 1 aliphatic heterocycles. The van der Waals surface area contributed by atoms with Gasteiger partial charge in [0.2, 0.25) is 0 Å². The second-order valence-electron chi connectivity index (χ2n) is 6.56. The van der Waals surface area contributed by atoms with Gasteiger partial charge in [-0.2, -0.15) is 0 Å². The monoisotopic (exact) mass is 440 g/mol. The molecule has 0 aliphatic carbocycles. The number of hydrogen-bond donors (Lipinski definition) is 2. The Bertz CT molecular complexity index is 938. The van der Waals surface area contributed by atoms with Crippen LogP contribution < -0.4 is 10.6 Å². The summed E-state index contributed by atoms with van der Waals surface area (Å²) in [6.07, 6.45) is 2.98. The molecule has 8 nitrogen and oxygen atoms in total. The van der Waals surface area contributed by atoms with E-state index >= 15 is 0 Å². The van der Waals surface area contributed by atoms with E-state index in [4.69, 9.17) is 20.8 Å². The summed E-state index contributed by atoms with van der Waals surface area (Å²) in [6, 6.07) is 8.74. The van der Waals surface area contributed by atoms with Crippen LogP contribution in [0.4, 0.5) is 0 Å². The fourth-order valence-electron chi connectivity index (χ4n) is 2.98. The normalized spacial score (nSPS) is 17.6. The van der Waals surface area contributed by atoms with Crippen molar-refractivity contribution in [3.8, 4) is 0 Å². The Balaban J connectivity index is 1.67. The van der Waals surface area contributed by atoms with Crippen molar-refractivity contribution in [2.45, 2.75) is 29.1 Å². The quantitative estimate of drug-likeness (QED) is 0.635. The van der Waals surface area contributed by atoms with Crippen LogP contribution >= 0.6 is 11.6 Å². The minimum absolute atomic E-state index is 0.0281. The molecule has 0 saturated carbocycles. The molecule has 1 aromatic carbocycles. The Hall–Kier alpha value is -2.36. The predicted molar refractivity (Wildman–Crippen MR) is 105 cm³/mol. The highest BCUT2D eigenvalue weighted by molar-refractivity contribution is 7.91. The highest BCUT2D eigenvalue weighted by atomic mass is 35.5. The zero-order valence-corrected chi connectivity index (χ0v) is 17.0. The van der Waals surface area contributed by atoms with Crippen LogP contribution in [0.1, 0.15) is 23.9 Å². The first-order chi connectivity index (χ1) is 13.9. The van der Waals surface area contributed by atoms with Gasteiger partial charge in [-0.3, -0.25) is 9.59 Å². The van der Waals surface area contributed by atoms with Crippen LogP contribution in [0.15, 0.2) is 52.0 Å². The van der Waals surface area contributed by atoms with Crippen LogP contribution in [0.3, 0.4) is 0 Å². The van der Waals surface area contributed by atoms with E-state index in [0.717, 1.165) is 12.8 Å². The van der Waals surface area contributed by atoms with E-state index in [1.54, 1.807) is 6.07 Å². The van der Waals surface area contributed by atoms with Crippen molar-refractivity contribution in [3.05, 3.63) is 53.4 Å². The maximum absolute atomic E-state index is 13.1. The third-order valence-corrected chi connectivity index (χ3v) is 6.88. The molecular weight excluding hydrogens is 420 g/mol. The Kier molecular flexibility index (Phi) is 6.94. The van der Waals surface area contributed by atoms with Gasteiger partial charge in [-0.25, -0.2) is 8.42 Å². The van der Waals surface area contributed by atoms with Crippen molar-refractivity contribution in [1.29, 1.82) is 0 Å². The molecule has 1 saturated heterocycles. The summed E-state index contributed by atoms with van der Waals surface area (Å²) in [6.45, 7) is 0.543. The first-order valence-corrected chi connectivity index (χ1v) is 11.0. The van der Waals surface area contributed by atoms with Crippen LogP contribution in [0.25, 0.3) is 0 Å². The standard InChI is InChI=1S/C19H21ClN2O6S/c20-13-5-7-15(8-6-13)29(25,26)17(16-4-2-10-28-16)12-22-19(24)18(23)21-11-14-3-1-9-27-14/h2,4-8,10,14,17H,1,3,9,11-12H2,(H,21,23)(H,22,24). The van der Waals surface area contributed by atoms with Gasteiger partial charge in [-0.1, -0.05) is 11.6 Å². The van der Waals surface area contributed by atoms with Gasteiger partial charge in [0, 0.05) is 24.7 Å². The zero-order chi connectivity index (χ0) is 20.9. The number of rotatable bonds is 7. The van der Waals surface area contributed by atoms with Crippen LogP contribution in [-0.2, 0) is 24.2 Å². The SMILES string of the molecule is O=C(NCC1CCCO1)C(=O)NCC(c1ccco1)S(=O)(=O)c1ccc(Cl)cc1. The van der Waals surface area contributed by atoms with E-state index in [0.29, 0.717) is 11.6 Å². The smallest absolute Gasteiger partial charge is 0.309 e. The second kappa shape index (κ2) is 9.43. The molecule has 1 aromatic heterocycles. The van der Waals surface area contributed by atoms with Crippen molar-refractivity contribution in [3.63, 3.8) is 0 Å². The molecule has 0 spiro atoms. The number of sulfone groups is 1. The average molecular weight is 441 g/mol. The van der Waals surface area contributed by atoms with Crippen molar-refractivity contribution in [2.75, 3.05) is 19.7 Å². The molecule has 1 aliphatic rings. The van der Waals surface area contributed by atoms with Crippen LogP contribution in [0.2, 0.25) is 5.02 Å². The number of nitrogens with one attached hydrogen (secondary N) is 2. The maximum atomic E-state index is 13.1. The molecule has 10 heteroatoms. The molecule has 3 rings (SSSR count). The van der Waals surface area contributed by atoms with Gasteiger partial charge >= 0.3 is 11.8 Å². The first kappa shape index (κ1) is 21.4. The van der Waals surface area contributed by atoms with Gasteiger partial charge in [0.1, 0.15) is 11.0 Å². The summed E-state index contributed by atoms with van der Waals surface area (Å²) in [5.74, 6) is -1.62. The van der Waals surface area contributed by atoms with Crippen molar-refractivity contribution in [2.24, 2.45) is 0 Å². The third kappa shape index (κ3) is 5.37. The van der Waals surface area contributed by atoms with Crippen LogP contribution in [0, 0.1) is 0 Å². The number of halogens is 1. The number of hydrogen-bond acceptors (Lipinski definition) is 6. The minimum atomic E-state index is -3.91. The topological polar surface area (TPSA) is 115 Å². The Labute approximate surface area is 173 Å². The number of carbonyl (C=O) groups is 2. The largest absolute Gasteiger partial charge is 0.468 e. The van der Waals surface area contributed by atoms with E-state index in [1.165, 1.54) is 36.6 Å². The predicted octanol–water partition coefficient (Wildman–Crippen LogP) is 1.86. The fraction of sp³-hybridized carbons (Fsp3) is 0.368. The van der Waals surface area contributed by atoms with E-state index in [9.17, 15) is 18.0 Å². The Morgan fingerprint density at radius 3 is 2.48 bits per heavy atom. The molecule has 1 fully saturated rings. The number of carbonyl (C=O) groups excluding carboxylic acids is 2. The summed E-state index contributed by atoms with van der Waals surface area (Å²) in [5, 5.41) is 4.07. The molecule has 2 aromatic rings. The maximum Gasteiger partial charge on any atom is 0.309 e. The number of amides is 2. The Morgan fingerprint density at radius 2 is 1.86 bits per heavy atom. The summed E-state index contributed by atoms with van der Waals surface area (Å²) in [7, 11) is -3.91. The molecule has 2 heterocycles. The van der Waals surface area contributed by atoms with Gasteiger partial charge < -0.3 is 19.8 Å². The number of furan rings is 1. The average Bonchev–Trinajstić information content (AvgIpc) is 3.40. The van der Waals surface area contributed by atoms with Crippen molar-refractivity contribution < 1.29 is 27.2 Å². The van der Waals surface area contributed by atoms with Gasteiger partial charge in [-0.05, 0) is 49.2 Å². The number of ether oxygens (including phenoxy) is 1. The highest BCUT2D eigenvalue weighted by Crippen LogP contribution is 2.29. The summed E-state index contributed by atoms with van der Waals surface area (Å²) in [4.78, 5) is 24.1. The molecule has 2 N–H and O–H groups in total. The molecule has 2 unspecified atom stereocenters. The lowest BCUT2D eigenvalue weighted by Crippen LogP contribution is -2.44. The third-order valence-electron chi connectivity index (χ3n) is 4.55. The van der Waals surface area contributed by atoms with Gasteiger partial charge in [0.05, 0.1) is 17.3 Å². The zero-order valence-electron chi connectivity index (χ0n) is 15.5. The van der Waals surface area contributed by atoms with E-state index in [2.05, 4.69) is 10.6 Å². The van der Waals surface area contributed by atoms with Gasteiger partial charge in [-0.15, -0.1) is 0 Å².